The highest BCUT2D eigenvalue weighted by Gasteiger charge is 2.26. The van der Waals surface area contributed by atoms with Crippen LogP contribution in [-0.2, 0) is 20.9 Å². The Kier molecular flexibility index (Phi) is 7.75. The molecule has 1 N–H and O–H groups in total. The molecule has 0 heterocycles. The van der Waals surface area contributed by atoms with Crippen LogP contribution in [0.3, 0.4) is 0 Å². The number of para-hydroxylation sites is 1. The van der Waals surface area contributed by atoms with Crippen LogP contribution >= 0.6 is 0 Å². The molecule has 1 unspecified atom stereocenters. The van der Waals surface area contributed by atoms with E-state index in [1.54, 1.807) is 55.6 Å². The summed E-state index contributed by atoms with van der Waals surface area (Å²) in [5.41, 5.74) is 2.23. The highest BCUT2D eigenvalue weighted by atomic mass is 32.2. The molecule has 32 heavy (non-hydrogen) atoms. The Hall–Kier alpha value is -3.49. The highest BCUT2D eigenvalue weighted by Crippen LogP contribution is 2.26. The predicted octanol–water partition coefficient (Wildman–Crippen LogP) is 3.96. The minimum atomic E-state index is -1.66. The summed E-state index contributed by atoms with van der Waals surface area (Å²) in [7, 11) is 2.83. The maximum Gasteiger partial charge on any atom is 0.339 e. The van der Waals surface area contributed by atoms with Gasteiger partial charge in [0.15, 0.2) is 4.90 Å². The molecule has 7 nitrogen and oxygen atoms in total. The Balaban J connectivity index is 1.86. The Morgan fingerprint density at radius 1 is 0.969 bits per heavy atom. The largest absolute Gasteiger partial charge is 0.588 e. The van der Waals surface area contributed by atoms with E-state index in [1.807, 2.05) is 31.2 Å². The third kappa shape index (κ3) is 5.60. The van der Waals surface area contributed by atoms with Gasteiger partial charge in [0.05, 0.1) is 31.2 Å². The Bertz CT molecular complexity index is 1070. The molecule has 0 aliphatic carbocycles. The minimum Gasteiger partial charge on any atom is -0.588 e. The molecule has 0 saturated carbocycles. The van der Waals surface area contributed by atoms with Crippen molar-refractivity contribution in [3.8, 4) is 5.75 Å². The first-order valence-electron chi connectivity index (χ1n) is 9.80. The van der Waals surface area contributed by atoms with Crippen LogP contribution in [0.15, 0.2) is 77.7 Å². The van der Waals surface area contributed by atoms with Crippen LogP contribution in [0.1, 0.15) is 15.9 Å². The monoisotopic (exact) mass is 452 g/mol. The van der Waals surface area contributed by atoms with Crippen molar-refractivity contribution in [3.63, 3.8) is 0 Å². The van der Waals surface area contributed by atoms with E-state index >= 15 is 0 Å². The fraction of sp³-hybridized carbons (Fsp3) is 0.167. The zero-order chi connectivity index (χ0) is 23.1. The van der Waals surface area contributed by atoms with Crippen LogP contribution in [0, 0.1) is 6.92 Å². The molecule has 8 heteroatoms. The third-order valence-electron chi connectivity index (χ3n) is 4.68. The molecule has 0 radical (unpaired) electrons. The lowest BCUT2D eigenvalue weighted by Crippen LogP contribution is -2.38. The molecular weight excluding hydrogens is 428 g/mol. The first-order chi connectivity index (χ1) is 15.4. The van der Waals surface area contributed by atoms with E-state index in [9.17, 15) is 14.1 Å². The number of anilines is 2. The van der Waals surface area contributed by atoms with Crippen molar-refractivity contribution in [3.05, 3.63) is 83.9 Å². The van der Waals surface area contributed by atoms with Gasteiger partial charge in [0.1, 0.15) is 23.7 Å². The van der Waals surface area contributed by atoms with Crippen molar-refractivity contribution in [1.29, 1.82) is 0 Å². The fourth-order valence-electron chi connectivity index (χ4n) is 2.98. The van der Waals surface area contributed by atoms with E-state index < -0.39 is 23.2 Å². The lowest BCUT2D eigenvalue weighted by Gasteiger charge is -2.25. The number of esters is 1. The maximum atomic E-state index is 13.4. The normalized spacial score (nSPS) is 11.4. The average molecular weight is 453 g/mol. The van der Waals surface area contributed by atoms with Gasteiger partial charge in [-0.2, -0.15) is 4.31 Å². The van der Waals surface area contributed by atoms with Gasteiger partial charge >= 0.3 is 5.97 Å². The zero-order valence-electron chi connectivity index (χ0n) is 18.0. The Labute approximate surface area is 190 Å². The summed E-state index contributed by atoms with van der Waals surface area (Å²) in [4.78, 5) is 25.4. The molecule has 0 aromatic heterocycles. The molecule has 0 saturated heterocycles. The smallest absolute Gasteiger partial charge is 0.339 e. The van der Waals surface area contributed by atoms with Crippen molar-refractivity contribution in [2.45, 2.75) is 11.8 Å². The number of carbonyl (C=O) groups excluding carboxylic acids is 2. The minimum absolute atomic E-state index is 0.197. The maximum absolute atomic E-state index is 13.4. The number of hydrogen-bond acceptors (Lipinski definition) is 6. The number of benzene rings is 3. The Morgan fingerprint density at radius 3 is 2.25 bits per heavy atom. The molecule has 3 aromatic rings. The molecule has 0 spiro atoms. The van der Waals surface area contributed by atoms with Crippen LogP contribution in [-0.4, -0.2) is 37.2 Å². The lowest BCUT2D eigenvalue weighted by molar-refractivity contribution is -0.114. The van der Waals surface area contributed by atoms with Crippen molar-refractivity contribution >= 4 is 34.6 Å². The lowest BCUT2D eigenvalue weighted by atomic mass is 10.2. The Morgan fingerprint density at radius 2 is 1.62 bits per heavy atom. The van der Waals surface area contributed by atoms with E-state index in [4.69, 9.17) is 9.47 Å². The van der Waals surface area contributed by atoms with E-state index in [0.717, 1.165) is 5.56 Å². The standard InChI is InChI=1S/C24H24N2O5S/c1-17-8-10-18(11-9-17)26(32(29)20-14-12-19(30-2)13-15-20)16-23(27)25-22-7-5-4-6-21(22)24(28)31-3/h4-15H,16H2,1-3H3,(H,25,27). The van der Waals surface area contributed by atoms with Crippen molar-refractivity contribution in [2.24, 2.45) is 0 Å². The van der Waals surface area contributed by atoms with E-state index in [0.29, 0.717) is 22.0 Å². The number of methoxy groups -OCH3 is 2. The first kappa shape index (κ1) is 23.2. The predicted molar refractivity (Wildman–Crippen MR) is 124 cm³/mol. The van der Waals surface area contributed by atoms with Crippen LogP contribution in [0.2, 0.25) is 0 Å². The summed E-state index contributed by atoms with van der Waals surface area (Å²) in [5.74, 6) is -0.341. The number of carbonyl (C=O) groups is 2. The van der Waals surface area contributed by atoms with Gasteiger partial charge in [0.25, 0.3) is 0 Å². The molecule has 3 rings (SSSR count). The fourth-order valence-corrected chi connectivity index (χ4v) is 4.15. The molecule has 3 aromatic carbocycles. The topological polar surface area (TPSA) is 90.9 Å². The van der Waals surface area contributed by atoms with Gasteiger partial charge in [-0.3, -0.25) is 4.79 Å². The third-order valence-corrected chi connectivity index (χ3v) is 6.09. The molecule has 166 valence electrons. The summed E-state index contributed by atoms with van der Waals surface area (Å²) >= 11 is -1.66. The summed E-state index contributed by atoms with van der Waals surface area (Å²) in [6.45, 7) is 1.75. The zero-order valence-corrected chi connectivity index (χ0v) is 18.8. The van der Waals surface area contributed by atoms with Gasteiger partial charge in [0.2, 0.25) is 5.91 Å². The number of ether oxygens (including phenoxy) is 2. The van der Waals surface area contributed by atoms with Gasteiger partial charge in [-0.15, -0.1) is 0 Å². The quantitative estimate of drug-likeness (QED) is 0.411. The van der Waals surface area contributed by atoms with Gasteiger partial charge < -0.3 is 19.3 Å². The second-order valence-electron chi connectivity index (χ2n) is 6.88. The molecule has 0 aliphatic heterocycles. The van der Waals surface area contributed by atoms with Crippen LogP contribution < -0.4 is 14.4 Å². The number of aryl methyl sites for hydroxylation is 1. The van der Waals surface area contributed by atoms with Gasteiger partial charge in [-0.05, 0) is 55.5 Å². The van der Waals surface area contributed by atoms with E-state index in [-0.39, 0.29) is 12.1 Å². The number of nitrogens with one attached hydrogen (secondary N) is 1. The molecule has 1 amide bonds. The number of hydrogen-bond donors (Lipinski definition) is 1. The summed E-state index contributed by atoms with van der Waals surface area (Å²) in [6.07, 6.45) is 0. The van der Waals surface area contributed by atoms with Gasteiger partial charge in [-0.25, -0.2) is 4.79 Å². The van der Waals surface area contributed by atoms with Gasteiger partial charge in [0, 0.05) is 0 Å². The van der Waals surface area contributed by atoms with Gasteiger partial charge in [-0.1, -0.05) is 29.8 Å². The van der Waals surface area contributed by atoms with E-state index in [2.05, 4.69) is 5.32 Å². The molecule has 0 bridgehead atoms. The van der Waals surface area contributed by atoms with Crippen molar-refractivity contribution < 1.29 is 23.6 Å². The van der Waals surface area contributed by atoms with Crippen LogP contribution in [0.25, 0.3) is 0 Å². The second-order valence-corrected chi connectivity index (χ2v) is 8.29. The number of nitrogens with zero attached hydrogens (tertiary/aromatic N) is 1. The number of amides is 1. The SMILES string of the molecule is COC(=O)c1ccccc1NC(=O)CN(c1ccc(C)cc1)[S+]([O-])c1ccc(OC)cc1. The second kappa shape index (κ2) is 10.7. The number of rotatable bonds is 8. The van der Waals surface area contributed by atoms with Crippen LogP contribution in [0.5, 0.6) is 5.75 Å². The summed E-state index contributed by atoms with van der Waals surface area (Å²) < 4.78 is 24.8. The molecule has 1 atom stereocenters. The summed E-state index contributed by atoms with van der Waals surface area (Å²) in [6, 6.07) is 20.8. The van der Waals surface area contributed by atoms with Crippen molar-refractivity contribution in [1.82, 2.24) is 0 Å². The molecule has 0 aliphatic rings. The van der Waals surface area contributed by atoms with Crippen LogP contribution in [0.4, 0.5) is 11.4 Å². The first-order valence-corrected chi connectivity index (χ1v) is 10.9. The molecular formula is C24H24N2O5S. The average Bonchev–Trinajstić information content (AvgIpc) is 2.82. The molecule has 0 fully saturated rings. The highest BCUT2D eigenvalue weighted by molar-refractivity contribution is 7.92. The van der Waals surface area contributed by atoms with Crippen molar-refractivity contribution in [2.75, 3.05) is 30.4 Å². The summed E-state index contributed by atoms with van der Waals surface area (Å²) in [5, 5.41) is 2.73. The van der Waals surface area contributed by atoms with E-state index in [1.165, 1.54) is 11.4 Å².